The van der Waals surface area contributed by atoms with E-state index in [1.807, 2.05) is 23.7 Å². The van der Waals surface area contributed by atoms with Crippen molar-refractivity contribution in [3.8, 4) is 0 Å². The van der Waals surface area contributed by atoms with Crippen molar-refractivity contribution in [1.82, 2.24) is 20.6 Å². The van der Waals surface area contributed by atoms with E-state index < -0.39 is 0 Å². The summed E-state index contributed by atoms with van der Waals surface area (Å²) in [6.45, 7) is 3.56. The Balaban J connectivity index is 1.17. The molecule has 1 fully saturated rings. The van der Waals surface area contributed by atoms with Gasteiger partial charge in [0.15, 0.2) is 0 Å². The molecule has 162 valence electrons. The number of pyridine rings is 1. The summed E-state index contributed by atoms with van der Waals surface area (Å²) in [7, 11) is 0. The number of amides is 1. The van der Waals surface area contributed by atoms with Crippen molar-refractivity contribution in [2.45, 2.75) is 38.3 Å². The molecule has 0 radical (unpaired) electrons. The van der Waals surface area contributed by atoms with Crippen LogP contribution in [-0.4, -0.2) is 41.6 Å². The fourth-order valence-corrected chi connectivity index (χ4v) is 4.46. The van der Waals surface area contributed by atoms with Gasteiger partial charge >= 0.3 is 0 Å². The highest BCUT2D eigenvalue weighted by molar-refractivity contribution is 7.07. The van der Waals surface area contributed by atoms with E-state index in [1.165, 1.54) is 11.4 Å². The topological polar surface area (TPSA) is 70.2 Å². The number of carbonyl (C=O) groups is 1. The van der Waals surface area contributed by atoms with E-state index in [-0.39, 0.29) is 5.91 Å². The van der Waals surface area contributed by atoms with Gasteiger partial charge < -0.3 is 15.5 Å². The lowest BCUT2D eigenvalue weighted by Crippen LogP contribution is -2.43. The molecule has 0 aliphatic carbocycles. The van der Waals surface area contributed by atoms with E-state index in [0.717, 1.165) is 50.2 Å². The van der Waals surface area contributed by atoms with Crippen LogP contribution in [0.3, 0.4) is 0 Å². The second-order valence-electron chi connectivity index (χ2n) is 7.89. The van der Waals surface area contributed by atoms with Crippen molar-refractivity contribution in [3.05, 3.63) is 76.5 Å². The summed E-state index contributed by atoms with van der Waals surface area (Å²) in [5, 5.41) is 8.73. The smallest absolute Gasteiger partial charge is 0.224 e. The molecule has 1 saturated heterocycles. The molecule has 3 heterocycles. The van der Waals surface area contributed by atoms with Gasteiger partial charge in [-0.25, -0.2) is 4.98 Å². The van der Waals surface area contributed by atoms with Gasteiger partial charge in [0.05, 0.1) is 29.9 Å². The molecule has 2 aromatic heterocycles. The van der Waals surface area contributed by atoms with Gasteiger partial charge in [0.25, 0.3) is 0 Å². The number of rotatable bonds is 9. The number of benzene rings is 1. The Morgan fingerprint density at radius 2 is 1.90 bits per heavy atom. The van der Waals surface area contributed by atoms with Crippen molar-refractivity contribution in [3.63, 3.8) is 0 Å². The minimum Gasteiger partial charge on any atom is -0.371 e. The van der Waals surface area contributed by atoms with Gasteiger partial charge in [-0.2, -0.15) is 0 Å². The van der Waals surface area contributed by atoms with Crippen LogP contribution in [0.25, 0.3) is 0 Å². The van der Waals surface area contributed by atoms with E-state index in [9.17, 15) is 4.79 Å². The van der Waals surface area contributed by atoms with Gasteiger partial charge in [-0.05, 0) is 42.7 Å². The molecule has 2 N–H and O–H groups in total. The first-order chi connectivity index (χ1) is 15.3. The number of piperidine rings is 1. The lowest BCUT2D eigenvalue weighted by molar-refractivity contribution is -0.120. The zero-order chi connectivity index (χ0) is 21.3. The third kappa shape index (κ3) is 6.60. The average molecular weight is 436 g/mol. The number of anilines is 1. The van der Waals surface area contributed by atoms with Gasteiger partial charge in [-0.1, -0.05) is 18.2 Å². The summed E-state index contributed by atoms with van der Waals surface area (Å²) in [5.41, 5.74) is 6.21. The number of hydrogen-bond acceptors (Lipinski definition) is 6. The number of thiazole rings is 1. The van der Waals surface area contributed by atoms with Gasteiger partial charge in [-0.3, -0.25) is 9.78 Å². The summed E-state index contributed by atoms with van der Waals surface area (Å²) in [4.78, 5) is 23.2. The normalized spacial score (nSPS) is 14.5. The quantitative estimate of drug-likeness (QED) is 0.540. The number of hydrogen-bond donors (Lipinski definition) is 2. The van der Waals surface area contributed by atoms with E-state index in [2.05, 4.69) is 55.1 Å². The van der Waals surface area contributed by atoms with Crippen LogP contribution >= 0.6 is 11.3 Å². The lowest BCUT2D eigenvalue weighted by atomic mass is 10.0. The Morgan fingerprint density at radius 1 is 1.06 bits per heavy atom. The summed E-state index contributed by atoms with van der Waals surface area (Å²) in [6.07, 6.45) is 5.42. The SMILES string of the molecule is O=C(Cc1ccc(N2CCC(NCCc3cscn3)CC2)cc1)NCc1ccccn1. The molecule has 4 rings (SSSR count). The van der Waals surface area contributed by atoms with E-state index in [1.54, 1.807) is 17.5 Å². The molecule has 3 aromatic rings. The Morgan fingerprint density at radius 3 is 2.61 bits per heavy atom. The van der Waals surface area contributed by atoms with Crippen LogP contribution in [0.1, 0.15) is 29.8 Å². The maximum Gasteiger partial charge on any atom is 0.224 e. The van der Waals surface area contributed by atoms with Crippen LogP contribution in [0.15, 0.2) is 59.6 Å². The maximum atomic E-state index is 12.2. The molecule has 6 nitrogen and oxygen atoms in total. The second kappa shape index (κ2) is 11.0. The number of nitrogens with zero attached hydrogens (tertiary/aromatic N) is 3. The molecular weight excluding hydrogens is 406 g/mol. The molecule has 0 spiro atoms. The Bertz CT molecular complexity index is 922. The molecule has 0 saturated carbocycles. The highest BCUT2D eigenvalue weighted by atomic mass is 32.1. The van der Waals surface area contributed by atoms with Crippen molar-refractivity contribution < 1.29 is 4.79 Å². The molecular formula is C24H29N5OS. The Hall–Kier alpha value is -2.77. The molecule has 7 heteroatoms. The minimum atomic E-state index is 0.0166. The Kier molecular flexibility index (Phi) is 7.63. The first kappa shape index (κ1) is 21.5. The minimum absolute atomic E-state index is 0.0166. The monoisotopic (exact) mass is 435 g/mol. The highest BCUT2D eigenvalue weighted by Crippen LogP contribution is 2.21. The maximum absolute atomic E-state index is 12.2. The number of carbonyl (C=O) groups excluding carboxylic acids is 1. The second-order valence-corrected chi connectivity index (χ2v) is 8.60. The molecule has 1 aliphatic rings. The lowest BCUT2D eigenvalue weighted by Gasteiger charge is -2.34. The van der Waals surface area contributed by atoms with Gasteiger partial charge in [0.2, 0.25) is 5.91 Å². The number of nitrogens with one attached hydrogen (secondary N) is 2. The van der Waals surface area contributed by atoms with Crippen LogP contribution in [0.2, 0.25) is 0 Å². The van der Waals surface area contributed by atoms with Crippen molar-refractivity contribution in [1.29, 1.82) is 0 Å². The van der Waals surface area contributed by atoms with Crippen LogP contribution in [0.4, 0.5) is 5.69 Å². The van der Waals surface area contributed by atoms with E-state index >= 15 is 0 Å². The molecule has 0 unspecified atom stereocenters. The Labute approximate surface area is 187 Å². The van der Waals surface area contributed by atoms with E-state index in [0.29, 0.717) is 19.0 Å². The van der Waals surface area contributed by atoms with Crippen LogP contribution < -0.4 is 15.5 Å². The molecule has 0 bridgehead atoms. The first-order valence-electron chi connectivity index (χ1n) is 10.9. The summed E-state index contributed by atoms with van der Waals surface area (Å²) < 4.78 is 0. The summed E-state index contributed by atoms with van der Waals surface area (Å²) >= 11 is 1.66. The van der Waals surface area contributed by atoms with Gasteiger partial charge in [-0.15, -0.1) is 11.3 Å². The average Bonchev–Trinajstić information content (AvgIpc) is 3.33. The third-order valence-electron chi connectivity index (χ3n) is 5.65. The zero-order valence-corrected chi connectivity index (χ0v) is 18.5. The largest absolute Gasteiger partial charge is 0.371 e. The van der Waals surface area contributed by atoms with Crippen molar-refractivity contribution >= 4 is 22.9 Å². The molecule has 0 atom stereocenters. The molecule has 1 amide bonds. The van der Waals surface area contributed by atoms with Gasteiger partial charge in [0, 0.05) is 49.4 Å². The molecule has 31 heavy (non-hydrogen) atoms. The van der Waals surface area contributed by atoms with Gasteiger partial charge in [0.1, 0.15) is 0 Å². The molecule has 1 aliphatic heterocycles. The fraction of sp³-hybridized carbons (Fsp3) is 0.375. The summed E-state index contributed by atoms with van der Waals surface area (Å²) in [6, 6.07) is 14.7. The zero-order valence-electron chi connectivity index (χ0n) is 17.7. The number of aromatic nitrogens is 2. The van der Waals surface area contributed by atoms with Crippen LogP contribution in [0, 0.1) is 0 Å². The highest BCUT2D eigenvalue weighted by Gasteiger charge is 2.19. The third-order valence-corrected chi connectivity index (χ3v) is 6.29. The standard InChI is InChI=1S/C24H29N5OS/c30-24(27-16-21-3-1-2-11-25-21)15-19-4-6-23(7-5-19)29-13-9-20(10-14-29)26-12-8-22-17-31-18-28-22/h1-7,11,17-18,20,26H,8-10,12-16H2,(H,27,30). The van der Waals surface area contributed by atoms with Crippen LogP contribution in [-0.2, 0) is 24.2 Å². The van der Waals surface area contributed by atoms with Crippen molar-refractivity contribution in [2.24, 2.45) is 0 Å². The van der Waals surface area contributed by atoms with Crippen molar-refractivity contribution in [2.75, 3.05) is 24.5 Å². The molecule has 1 aromatic carbocycles. The van der Waals surface area contributed by atoms with E-state index in [4.69, 9.17) is 0 Å². The van der Waals surface area contributed by atoms with Crippen LogP contribution in [0.5, 0.6) is 0 Å². The predicted molar refractivity (Wildman–Crippen MR) is 125 cm³/mol. The summed E-state index contributed by atoms with van der Waals surface area (Å²) in [5.74, 6) is 0.0166. The first-order valence-corrected chi connectivity index (χ1v) is 11.8. The fourth-order valence-electron chi connectivity index (χ4n) is 3.87. The predicted octanol–water partition coefficient (Wildman–Crippen LogP) is 3.20.